The molecule has 2 fully saturated rings. The van der Waals surface area contributed by atoms with Gasteiger partial charge in [-0.05, 0) is 56.3 Å². The van der Waals surface area contributed by atoms with Crippen LogP contribution in [0.3, 0.4) is 0 Å². The summed E-state index contributed by atoms with van der Waals surface area (Å²) in [7, 11) is 0. The van der Waals surface area contributed by atoms with Crippen molar-refractivity contribution in [3.63, 3.8) is 0 Å². The zero-order valence-corrected chi connectivity index (χ0v) is 19.3. The molecule has 32 heavy (non-hydrogen) atoms. The predicted octanol–water partition coefficient (Wildman–Crippen LogP) is 3.70. The van der Waals surface area contributed by atoms with Gasteiger partial charge in [0.2, 0.25) is 11.8 Å². The van der Waals surface area contributed by atoms with Crippen LogP contribution in [0.15, 0.2) is 18.2 Å². The molecule has 7 nitrogen and oxygen atoms in total. The third-order valence-corrected chi connectivity index (χ3v) is 7.97. The number of likely N-dealkylation sites (tertiary alicyclic amines) is 1. The lowest BCUT2D eigenvalue weighted by atomic mass is 9.60. The Morgan fingerprint density at radius 2 is 2.00 bits per heavy atom. The van der Waals surface area contributed by atoms with Gasteiger partial charge in [0.1, 0.15) is 0 Å². The third kappa shape index (κ3) is 3.59. The summed E-state index contributed by atoms with van der Waals surface area (Å²) in [6.45, 7) is 3.20. The van der Waals surface area contributed by atoms with E-state index in [-0.39, 0.29) is 18.2 Å². The molecule has 1 aliphatic carbocycles. The number of hydrogen-bond acceptors (Lipinski definition) is 4. The number of carbonyl (C=O) groups excluding carboxylic acids is 2. The molecular weight excluding hydrogens is 430 g/mol. The van der Waals surface area contributed by atoms with Crippen molar-refractivity contribution < 1.29 is 19.5 Å². The molecular formula is C24H32ClN3O4. The number of rotatable bonds is 7. The highest BCUT2D eigenvalue weighted by atomic mass is 35.5. The number of likely N-dealkylation sites (N-methyl/N-ethyl adjacent to an activating group) is 1. The summed E-state index contributed by atoms with van der Waals surface area (Å²) >= 11 is 6.22. The number of nitrogens with one attached hydrogen (secondary N) is 2. The number of benzene rings is 1. The normalized spacial score (nSPS) is 26.3. The molecule has 4 rings (SSSR count). The minimum Gasteiger partial charge on any atom is -0.481 e. The van der Waals surface area contributed by atoms with Crippen molar-refractivity contribution in [3.8, 4) is 0 Å². The second-order valence-electron chi connectivity index (χ2n) is 9.29. The molecule has 2 amide bonds. The monoisotopic (exact) mass is 461 g/mol. The maximum absolute atomic E-state index is 13.7. The Bertz CT molecular complexity index is 915. The first-order chi connectivity index (χ1) is 15.4. The second kappa shape index (κ2) is 9.02. The largest absolute Gasteiger partial charge is 0.481 e. The molecule has 2 aliphatic heterocycles. The van der Waals surface area contributed by atoms with Gasteiger partial charge in [0, 0.05) is 29.2 Å². The van der Waals surface area contributed by atoms with E-state index in [1.165, 1.54) is 0 Å². The zero-order chi connectivity index (χ0) is 22.9. The molecule has 2 heterocycles. The number of carboxylic acid groups (broad SMARTS) is 1. The van der Waals surface area contributed by atoms with Crippen molar-refractivity contribution in [1.29, 1.82) is 0 Å². The van der Waals surface area contributed by atoms with Gasteiger partial charge in [-0.1, -0.05) is 43.9 Å². The smallest absolute Gasteiger partial charge is 0.303 e. The number of carbonyl (C=O) groups is 3. The van der Waals surface area contributed by atoms with Crippen LogP contribution < -0.4 is 10.6 Å². The fourth-order valence-electron chi connectivity index (χ4n) is 6.48. The van der Waals surface area contributed by atoms with Crippen LogP contribution in [0.2, 0.25) is 5.02 Å². The average molecular weight is 462 g/mol. The van der Waals surface area contributed by atoms with E-state index in [0.717, 1.165) is 43.4 Å². The molecule has 1 aromatic rings. The average Bonchev–Trinajstić information content (AvgIpc) is 3.20. The molecule has 0 bridgehead atoms. The number of nitrogens with zero attached hydrogens (tertiary/aromatic N) is 1. The summed E-state index contributed by atoms with van der Waals surface area (Å²) < 4.78 is 0. The lowest BCUT2D eigenvalue weighted by Gasteiger charge is -2.50. The van der Waals surface area contributed by atoms with Crippen molar-refractivity contribution in [2.24, 2.45) is 0 Å². The number of anilines is 1. The standard InChI is InChI=1S/C24H32ClN3O4/c1-2-28-19(21(31)26-13-7-4-8-20(29)30)15-24(23(28)11-5-3-6-12-23)17-10-9-16(25)14-18(17)27-22(24)32/h9-10,14,19H,2-8,11-13,15H2,1H3,(H,26,31)(H,27,32)(H,29,30)/t19-,24+/m1/s1. The Balaban J connectivity index is 1.65. The Labute approximate surface area is 193 Å². The Morgan fingerprint density at radius 1 is 1.25 bits per heavy atom. The minimum atomic E-state index is -0.823. The van der Waals surface area contributed by atoms with Crippen LogP contribution in [0, 0.1) is 0 Å². The summed E-state index contributed by atoms with van der Waals surface area (Å²) in [5, 5.41) is 15.5. The quantitative estimate of drug-likeness (QED) is 0.538. The second-order valence-corrected chi connectivity index (χ2v) is 9.73. The van der Waals surface area contributed by atoms with Gasteiger partial charge in [-0.15, -0.1) is 0 Å². The van der Waals surface area contributed by atoms with Crippen LogP contribution in [0.1, 0.15) is 70.3 Å². The summed E-state index contributed by atoms with van der Waals surface area (Å²) in [5.41, 5.74) is 0.561. The van der Waals surface area contributed by atoms with Crippen LogP contribution in [0.25, 0.3) is 0 Å². The van der Waals surface area contributed by atoms with E-state index in [1.54, 1.807) is 0 Å². The van der Waals surface area contributed by atoms with E-state index in [9.17, 15) is 14.4 Å². The Kier molecular flexibility index (Phi) is 6.50. The van der Waals surface area contributed by atoms with Gasteiger partial charge in [0.15, 0.2) is 0 Å². The highest BCUT2D eigenvalue weighted by Gasteiger charge is 2.69. The van der Waals surface area contributed by atoms with Gasteiger partial charge < -0.3 is 15.7 Å². The highest BCUT2D eigenvalue weighted by Crippen LogP contribution is 2.60. The molecule has 2 spiro atoms. The van der Waals surface area contributed by atoms with E-state index >= 15 is 0 Å². The summed E-state index contributed by atoms with van der Waals surface area (Å²) in [6, 6.07) is 5.22. The van der Waals surface area contributed by atoms with Crippen LogP contribution >= 0.6 is 11.6 Å². The van der Waals surface area contributed by atoms with Crippen molar-refractivity contribution in [1.82, 2.24) is 10.2 Å². The van der Waals surface area contributed by atoms with E-state index in [1.807, 2.05) is 18.2 Å². The lowest BCUT2D eigenvalue weighted by Crippen LogP contribution is -2.61. The summed E-state index contributed by atoms with van der Waals surface area (Å²) in [5.74, 6) is -0.914. The van der Waals surface area contributed by atoms with Gasteiger partial charge in [0.05, 0.1) is 11.5 Å². The maximum atomic E-state index is 13.7. The first-order valence-electron chi connectivity index (χ1n) is 11.7. The Hall–Kier alpha value is -2.12. The fourth-order valence-corrected chi connectivity index (χ4v) is 6.65. The van der Waals surface area contributed by atoms with E-state index in [0.29, 0.717) is 37.4 Å². The molecule has 3 N–H and O–H groups in total. The van der Waals surface area contributed by atoms with Crippen molar-refractivity contribution in [3.05, 3.63) is 28.8 Å². The molecule has 0 radical (unpaired) electrons. The minimum absolute atomic E-state index is 0.0214. The van der Waals surface area contributed by atoms with Gasteiger partial charge in [-0.25, -0.2) is 0 Å². The van der Waals surface area contributed by atoms with Crippen LogP contribution in [0.4, 0.5) is 5.69 Å². The van der Waals surface area contributed by atoms with Crippen molar-refractivity contribution in [2.45, 2.75) is 81.7 Å². The zero-order valence-electron chi connectivity index (χ0n) is 18.6. The fraction of sp³-hybridized carbons (Fsp3) is 0.625. The Morgan fingerprint density at radius 3 is 2.69 bits per heavy atom. The topological polar surface area (TPSA) is 98.7 Å². The highest BCUT2D eigenvalue weighted by molar-refractivity contribution is 6.31. The first-order valence-corrected chi connectivity index (χ1v) is 12.1. The molecule has 0 unspecified atom stereocenters. The number of carboxylic acids is 1. The van der Waals surface area contributed by atoms with Gasteiger partial charge in [-0.3, -0.25) is 19.3 Å². The van der Waals surface area contributed by atoms with E-state index < -0.39 is 23.0 Å². The summed E-state index contributed by atoms with van der Waals surface area (Å²) in [4.78, 5) is 40.0. The number of hydrogen-bond donors (Lipinski definition) is 3. The molecule has 3 aliphatic rings. The first kappa shape index (κ1) is 23.1. The lowest BCUT2D eigenvalue weighted by molar-refractivity contribution is -0.137. The molecule has 174 valence electrons. The number of aliphatic carboxylic acids is 1. The SMILES string of the molecule is CCN1[C@@H](C(=O)NCCCCC(=O)O)C[C@]2(C(=O)Nc3cc(Cl)ccc32)C12CCCCC2. The molecule has 1 saturated heterocycles. The number of amides is 2. The van der Waals surface area contributed by atoms with Gasteiger partial charge in [-0.2, -0.15) is 0 Å². The maximum Gasteiger partial charge on any atom is 0.303 e. The molecule has 1 aromatic carbocycles. The van der Waals surface area contributed by atoms with Gasteiger partial charge in [0.25, 0.3) is 0 Å². The molecule has 8 heteroatoms. The predicted molar refractivity (Wildman–Crippen MR) is 123 cm³/mol. The summed E-state index contributed by atoms with van der Waals surface area (Å²) in [6.07, 6.45) is 6.70. The molecule has 1 saturated carbocycles. The number of fused-ring (bicyclic) bond motifs is 3. The number of halogens is 1. The van der Waals surface area contributed by atoms with E-state index in [2.05, 4.69) is 22.5 Å². The van der Waals surface area contributed by atoms with Crippen LogP contribution in [-0.2, 0) is 19.8 Å². The van der Waals surface area contributed by atoms with Crippen LogP contribution in [-0.4, -0.2) is 52.5 Å². The van der Waals surface area contributed by atoms with Crippen molar-refractivity contribution >= 4 is 35.1 Å². The molecule has 0 aromatic heterocycles. The van der Waals surface area contributed by atoms with Crippen LogP contribution in [0.5, 0.6) is 0 Å². The third-order valence-electron chi connectivity index (χ3n) is 7.74. The number of unbranched alkanes of at least 4 members (excludes halogenated alkanes) is 1. The van der Waals surface area contributed by atoms with E-state index in [4.69, 9.17) is 16.7 Å². The van der Waals surface area contributed by atoms with Crippen molar-refractivity contribution in [2.75, 3.05) is 18.4 Å². The van der Waals surface area contributed by atoms with Gasteiger partial charge >= 0.3 is 5.97 Å². The molecule has 2 atom stereocenters.